The fourth-order valence-electron chi connectivity index (χ4n) is 1.23. The molecule has 0 bridgehead atoms. The Kier molecular flexibility index (Phi) is 2.64. The molecule has 0 aliphatic carbocycles. The summed E-state index contributed by atoms with van der Waals surface area (Å²) in [6, 6.07) is 0. The van der Waals surface area contributed by atoms with Crippen LogP contribution in [0.4, 0.5) is 4.39 Å². The molecular weight excluding hydrogens is 219 g/mol. The van der Waals surface area contributed by atoms with Crippen LogP contribution in [-0.4, -0.2) is 19.7 Å². The summed E-state index contributed by atoms with van der Waals surface area (Å²) in [5.74, 6) is -0.478. The summed E-state index contributed by atoms with van der Waals surface area (Å²) in [6.45, 7) is 2.10. The molecule has 0 unspecified atom stereocenters. The normalized spacial score (nSPS) is 10.6. The van der Waals surface area contributed by atoms with Crippen LogP contribution in [0.3, 0.4) is 0 Å². The lowest BCUT2D eigenvalue weighted by Crippen LogP contribution is -2.04. The molecule has 2 aromatic rings. The van der Waals surface area contributed by atoms with Crippen LogP contribution in [0.25, 0.3) is 0 Å². The van der Waals surface area contributed by atoms with Gasteiger partial charge in [-0.3, -0.25) is 0 Å². The van der Waals surface area contributed by atoms with E-state index in [1.807, 2.05) is 0 Å². The average Bonchev–Trinajstić information content (AvgIpc) is 2.72. The lowest BCUT2D eigenvalue weighted by molar-refractivity contribution is 0.601. The summed E-state index contributed by atoms with van der Waals surface area (Å²) in [7, 11) is 0. The van der Waals surface area contributed by atoms with Gasteiger partial charge in [0, 0.05) is 6.20 Å². The minimum Gasteiger partial charge on any atom is -0.248 e. The van der Waals surface area contributed by atoms with Crippen molar-refractivity contribution in [1.29, 1.82) is 0 Å². The maximum Gasteiger partial charge on any atom is 0.165 e. The van der Waals surface area contributed by atoms with Crippen molar-refractivity contribution < 1.29 is 4.39 Å². The summed E-state index contributed by atoms with van der Waals surface area (Å²) in [5, 5.41) is 3.83. The minimum atomic E-state index is -0.478. The van der Waals surface area contributed by atoms with Gasteiger partial charge in [-0.2, -0.15) is 5.10 Å². The third-order valence-electron chi connectivity index (χ3n) is 2.12. The number of hydrogen-bond donors (Lipinski definition) is 0. The largest absolute Gasteiger partial charge is 0.248 e. The second kappa shape index (κ2) is 3.94. The van der Waals surface area contributed by atoms with Crippen molar-refractivity contribution in [2.45, 2.75) is 13.5 Å². The first kappa shape index (κ1) is 10.0. The molecule has 6 heteroatoms. The molecule has 0 aliphatic rings. The van der Waals surface area contributed by atoms with Crippen molar-refractivity contribution in [2.75, 3.05) is 0 Å². The van der Waals surface area contributed by atoms with E-state index in [0.29, 0.717) is 12.1 Å². The minimum absolute atomic E-state index is 0.102. The van der Waals surface area contributed by atoms with Gasteiger partial charge in [0.15, 0.2) is 11.0 Å². The molecule has 0 N–H and O–H groups in total. The van der Waals surface area contributed by atoms with Crippen molar-refractivity contribution in [3.8, 4) is 0 Å². The summed E-state index contributed by atoms with van der Waals surface area (Å²) < 4.78 is 15.0. The fourth-order valence-corrected chi connectivity index (χ4v) is 1.42. The van der Waals surface area contributed by atoms with E-state index in [4.69, 9.17) is 11.6 Å². The van der Waals surface area contributed by atoms with Crippen LogP contribution in [0.15, 0.2) is 18.9 Å². The van der Waals surface area contributed by atoms with Crippen molar-refractivity contribution in [1.82, 2.24) is 19.7 Å². The van der Waals surface area contributed by atoms with Gasteiger partial charge in [0.1, 0.15) is 12.7 Å². The standard InChI is InChI=1S/C9H8ClFN4/c1-6-7(2-13-9(10)8(6)11)3-15-5-12-4-14-15/h2,4-5H,3H2,1H3. The fraction of sp³-hybridized carbons (Fsp3) is 0.222. The van der Waals surface area contributed by atoms with E-state index in [9.17, 15) is 4.39 Å². The van der Waals surface area contributed by atoms with Gasteiger partial charge in [0.05, 0.1) is 6.54 Å². The van der Waals surface area contributed by atoms with Gasteiger partial charge in [-0.1, -0.05) is 11.6 Å². The third-order valence-corrected chi connectivity index (χ3v) is 2.39. The highest BCUT2D eigenvalue weighted by atomic mass is 35.5. The highest BCUT2D eigenvalue weighted by molar-refractivity contribution is 6.29. The maximum absolute atomic E-state index is 13.4. The van der Waals surface area contributed by atoms with Crippen molar-refractivity contribution in [3.05, 3.63) is 40.9 Å². The molecule has 78 valence electrons. The molecule has 0 spiro atoms. The van der Waals surface area contributed by atoms with Crippen LogP contribution >= 0.6 is 11.6 Å². The zero-order valence-corrected chi connectivity index (χ0v) is 8.74. The zero-order valence-electron chi connectivity index (χ0n) is 7.98. The van der Waals surface area contributed by atoms with Gasteiger partial charge in [0.2, 0.25) is 0 Å². The molecule has 4 nitrogen and oxygen atoms in total. The Labute approximate surface area is 90.7 Å². The number of nitrogens with zero attached hydrogens (tertiary/aromatic N) is 4. The molecule has 2 heterocycles. The SMILES string of the molecule is Cc1c(Cn2cncn2)cnc(Cl)c1F. The molecule has 0 saturated carbocycles. The van der Waals surface area contributed by atoms with Crippen molar-refractivity contribution in [2.24, 2.45) is 0 Å². The second-order valence-corrected chi connectivity index (χ2v) is 3.46. The van der Waals surface area contributed by atoms with Crippen LogP contribution in [0.1, 0.15) is 11.1 Å². The van der Waals surface area contributed by atoms with E-state index in [1.54, 1.807) is 24.1 Å². The molecule has 15 heavy (non-hydrogen) atoms. The first-order chi connectivity index (χ1) is 7.18. The zero-order chi connectivity index (χ0) is 10.8. The van der Waals surface area contributed by atoms with Gasteiger partial charge in [-0.15, -0.1) is 0 Å². The molecule has 2 rings (SSSR count). The monoisotopic (exact) mass is 226 g/mol. The molecular formula is C9H8ClFN4. The van der Waals surface area contributed by atoms with Crippen LogP contribution < -0.4 is 0 Å². The second-order valence-electron chi connectivity index (χ2n) is 3.11. The molecule has 0 amide bonds. The summed E-state index contributed by atoms with van der Waals surface area (Å²) in [6.07, 6.45) is 4.53. The molecule has 0 aromatic carbocycles. The lowest BCUT2D eigenvalue weighted by Gasteiger charge is -2.06. The van der Waals surface area contributed by atoms with E-state index < -0.39 is 5.82 Å². The van der Waals surface area contributed by atoms with Crippen LogP contribution in [-0.2, 0) is 6.54 Å². The first-order valence-electron chi connectivity index (χ1n) is 4.30. The molecule has 0 radical (unpaired) electrons. The number of aromatic nitrogens is 4. The Morgan fingerprint density at radius 2 is 2.33 bits per heavy atom. The van der Waals surface area contributed by atoms with E-state index in [0.717, 1.165) is 5.56 Å². The maximum atomic E-state index is 13.4. The molecule has 0 atom stereocenters. The van der Waals surface area contributed by atoms with Gasteiger partial charge in [0.25, 0.3) is 0 Å². The van der Waals surface area contributed by atoms with Crippen LogP contribution in [0, 0.1) is 12.7 Å². The van der Waals surface area contributed by atoms with Crippen LogP contribution in [0.2, 0.25) is 5.15 Å². The van der Waals surface area contributed by atoms with Crippen molar-refractivity contribution >= 4 is 11.6 Å². The summed E-state index contributed by atoms with van der Waals surface area (Å²) in [4.78, 5) is 7.55. The number of hydrogen-bond acceptors (Lipinski definition) is 3. The number of rotatable bonds is 2. The third kappa shape index (κ3) is 1.97. The van der Waals surface area contributed by atoms with E-state index in [-0.39, 0.29) is 5.15 Å². The van der Waals surface area contributed by atoms with Crippen LogP contribution in [0.5, 0.6) is 0 Å². The Bertz CT molecular complexity index is 469. The Balaban J connectivity index is 2.34. The van der Waals surface area contributed by atoms with E-state index >= 15 is 0 Å². The lowest BCUT2D eigenvalue weighted by atomic mass is 10.1. The van der Waals surface area contributed by atoms with Gasteiger partial charge in [-0.25, -0.2) is 19.0 Å². The Morgan fingerprint density at radius 3 is 3.00 bits per heavy atom. The predicted octanol–water partition coefficient (Wildman–Crippen LogP) is 1.82. The molecule has 0 saturated heterocycles. The van der Waals surface area contributed by atoms with Crippen molar-refractivity contribution in [3.63, 3.8) is 0 Å². The first-order valence-corrected chi connectivity index (χ1v) is 4.68. The quantitative estimate of drug-likeness (QED) is 0.734. The summed E-state index contributed by atoms with van der Waals surface area (Å²) >= 11 is 5.55. The Hall–Kier alpha value is -1.49. The van der Waals surface area contributed by atoms with Gasteiger partial charge < -0.3 is 0 Å². The Morgan fingerprint density at radius 1 is 1.53 bits per heavy atom. The van der Waals surface area contributed by atoms with E-state index in [1.165, 1.54) is 6.33 Å². The molecule has 2 aromatic heterocycles. The molecule has 0 fully saturated rings. The molecule has 0 aliphatic heterocycles. The topological polar surface area (TPSA) is 43.6 Å². The highest BCUT2D eigenvalue weighted by Gasteiger charge is 2.09. The average molecular weight is 227 g/mol. The smallest absolute Gasteiger partial charge is 0.165 e. The summed E-state index contributed by atoms with van der Waals surface area (Å²) in [5.41, 5.74) is 1.23. The number of pyridine rings is 1. The highest BCUT2D eigenvalue weighted by Crippen LogP contribution is 2.18. The number of halogens is 2. The van der Waals surface area contributed by atoms with Gasteiger partial charge in [-0.05, 0) is 18.1 Å². The van der Waals surface area contributed by atoms with Gasteiger partial charge >= 0.3 is 0 Å². The predicted molar refractivity (Wildman–Crippen MR) is 53.1 cm³/mol. The van der Waals surface area contributed by atoms with E-state index in [2.05, 4.69) is 15.1 Å².